The van der Waals surface area contributed by atoms with Gasteiger partial charge in [0.2, 0.25) is 0 Å². The molecule has 1 aliphatic rings. The van der Waals surface area contributed by atoms with Crippen molar-refractivity contribution in [3.63, 3.8) is 0 Å². The molecular weight excluding hydrogens is 230 g/mol. The van der Waals surface area contributed by atoms with Crippen LogP contribution < -0.4 is 5.32 Å². The first kappa shape index (κ1) is 14.7. The standard InChI is InChI=1S/C14H23NO3/c1-9(2)12(16)8-10-6-11(7-10)15-13(17)18-14(3,4)5/h10-11H,1,6-8H2,2-5H3,(H,15,17). The molecule has 1 aliphatic carbocycles. The molecule has 0 spiro atoms. The van der Waals surface area contributed by atoms with E-state index in [1.165, 1.54) is 0 Å². The van der Waals surface area contributed by atoms with Gasteiger partial charge in [0.1, 0.15) is 5.60 Å². The van der Waals surface area contributed by atoms with Crippen molar-refractivity contribution in [1.82, 2.24) is 5.32 Å². The van der Waals surface area contributed by atoms with E-state index in [-0.39, 0.29) is 17.9 Å². The van der Waals surface area contributed by atoms with Crippen molar-refractivity contribution in [2.45, 2.75) is 58.6 Å². The fourth-order valence-corrected chi connectivity index (χ4v) is 1.93. The lowest BCUT2D eigenvalue weighted by Gasteiger charge is -2.35. The van der Waals surface area contributed by atoms with Gasteiger partial charge in [-0.05, 0) is 52.0 Å². The first-order valence-corrected chi connectivity index (χ1v) is 6.35. The monoisotopic (exact) mass is 253 g/mol. The third-order valence-electron chi connectivity index (χ3n) is 2.91. The van der Waals surface area contributed by atoms with Gasteiger partial charge in [0.15, 0.2) is 5.78 Å². The van der Waals surface area contributed by atoms with Crippen molar-refractivity contribution in [3.8, 4) is 0 Å². The molecule has 1 fully saturated rings. The summed E-state index contributed by atoms with van der Waals surface area (Å²) in [4.78, 5) is 22.9. The third kappa shape index (κ3) is 4.90. The Morgan fingerprint density at radius 3 is 2.33 bits per heavy atom. The van der Waals surface area contributed by atoms with Gasteiger partial charge in [-0.2, -0.15) is 0 Å². The molecular formula is C14H23NO3. The zero-order chi connectivity index (χ0) is 13.9. The molecule has 0 unspecified atom stereocenters. The normalized spacial score (nSPS) is 22.9. The van der Waals surface area contributed by atoms with Crippen LogP contribution in [0.3, 0.4) is 0 Å². The number of hydrogen-bond donors (Lipinski definition) is 1. The molecule has 0 atom stereocenters. The van der Waals surface area contributed by atoms with Gasteiger partial charge in [-0.1, -0.05) is 6.58 Å². The van der Waals surface area contributed by atoms with Gasteiger partial charge in [-0.15, -0.1) is 0 Å². The average Bonchev–Trinajstić information content (AvgIpc) is 2.10. The van der Waals surface area contributed by atoms with Crippen molar-refractivity contribution < 1.29 is 14.3 Å². The lowest BCUT2D eigenvalue weighted by atomic mass is 9.77. The molecule has 102 valence electrons. The van der Waals surface area contributed by atoms with Gasteiger partial charge in [0.25, 0.3) is 0 Å². The Morgan fingerprint density at radius 2 is 1.89 bits per heavy atom. The summed E-state index contributed by atoms with van der Waals surface area (Å²) in [6.45, 7) is 10.9. The third-order valence-corrected chi connectivity index (χ3v) is 2.91. The quantitative estimate of drug-likeness (QED) is 0.784. The molecule has 0 saturated heterocycles. The molecule has 0 aromatic rings. The zero-order valence-corrected chi connectivity index (χ0v) is 11.7. The highest BCUT2D eigenvalue weighted by Crippen LogP contribution is 2.31. The van der Waals surface area contributed by atoms with Crippen LogP contribution in [0.5, 0.6) is 0 Å². The number of carbonyl (C=O) groups is 2. The molecule has 1 amide bonds. The maximum atomic E-state index is 11.5. The van der Waals surface area contributed by atoms with Crippen LogP contribution in [0.1, 0.15) is 47.0 Å². The number of hydrogen-bond acceptors (Lipinski definition) is 3. The predicted molar refractivity (Wildman–Crippen MR) is 70.3 cm³/mol. The summed E-state index contributed by atoms with van der Waals surface area (Å²) < 4.78 is 5.17. The Balaban J connectivity index is 2.21. The summed E-state index contributed by atoms with van der Waals surface area (Å²) in [5.41, 5.74) is 0.141. The Bertz CT molecular complexity index is 349. The topological polar surface area (TPSA) is 55.4 Å². The van der Waals surface area contributed by atoms with E-state index in [0.717, 1.165) is 12.8 Å². The van der Waals surface area contributed by atoms with Crippen LogP contribution in [0.4, 0.5) is 4.79 Å². The van der Waals surface area contributed by atoms with Crippen molar-refractivity contribution in [2.75, 3.05) is 0 Å². The van der Waals surface area contributed by atoms with Crippen LogP contribution in [0.2, 0.25) is 0 Å². The number of allylic oxidation sites excluding steroid dienone is 1. The Morgan fingerprint density at radius 1 is 1.33 bits per heavy atom. The number of ketones is 1. The smallest absolute Gasteiger partial charge is 0.407 e. The molecule has 0 aliphatic heterocycles. The summed E-state index contributed by atoms with van der Waals surface area (Å²) in [6, 6.07) is 0.141. The number of nitrogens with one attached hydrogen (secondary N) is 1. The number of rotatable bonds is 4. The SMILES string of the molecule is C=C(C)C(=O)CC1CC(NC(=O)OC(C)(C)C)C1. The van der Waals surface area contributed by atoms with Gasteiger partial charge in [-0.25, -0.2) is 4.79 Å². The van der Waals surface area contributed by atoms with E-state index in [2.05, 4.69) is 11.9 Å². The van der Waals surface area contributed by atoms with Crippen LogP contribution in [0.15, 0.2) is 12.2 Å². The largest absolute Gasteiger partial charge is 0.444 e. The van der Waals surface area contributed by atoms with E-state index in [4.69, 9.17) is 4.74 Å². The van der Waals surface area contributed by atoms with Crippen molar-refractivity contribution in [3.05, 3.63) is 12.2 Å². The van der Waals surface area contributed by atoms with E-state index < -0.39 is 5.60 Å². The maximum absolute atomic E-state index is 11.5. The van der Waals surface area contributed by atoms with E-state index >= 15 is 0 Å². The summed E-state index contributed by atoms with van der Waals surface area (Å²) in [5.74, 6) is 0.491. The van der Waals surface area contributed by atoms with Gasteiger partial charge in [0.05, 0.1) is 0 Å². The average molecular weight is 253 g/mol. The second kappa shape index (κ2) is 5.55. The second-order valence-corrected chi connectivity index (χ2v) is 6.09. The van der Waals surface area contributed by atoms with Crippen molar-refractivity contribution in [1.29, 1.82) is 0 Å². The maximum Gasteiger partial charge on any atom is 0.407 e. The molecule has 0 bridgehead atoms. The summed E-state index contributed by atoms with van der Waals surface area (Å²) in [6.07, 6.45) is 1.86. The van der Waals surface area contributed by atoms with Gasteiger partial charge < -0.3 is 10.1 Å². The van der Waals surface area contributed by atoms with Crippen molar-refractivity contribution in [2.24, 2.45) is 5.92 Å². The summed E-state index contributed by atoms with van der Waals surface area (Å²) in [7, 11) is 0. The summed E-state index contributed by atoms with van der Waals surface area (Å²) >= 11 is 0. The van der Waals surface area contributed by atoms with Gasteiger partial charge in [0, 0.05) is 12.5 Å². The fourth-order valence-electron chi connectivity index (χ4n) is 1.93. The van der Waals surface area contributed by atoms with Crippen LogP contribution in [0.25, 0.3) is 0 Å². The highest BCUT2D eigenvalue weighted by atomic mass is 16.6. The Kier molecular flexibility index (Phi) is 4.54. The number of alkyl carbamates (subject to hydrolysis) is 1. The van der Waals surface area contributed by atoms with Crippen molar-refractivity contribution >= 4 is 11.9 Å². The highest BCUT2D eigenvalue weighted by molar-refractivity contribution is 5.94. The Labute approximate surface area is 109 Å². The minimum Gasteiger partial charge on any atom is -0.444 e. The van der Waals surface area contributed by atoms with Crippen LogP contribution >= 0.6 is 0 Å². The van der Waals surface area contributed by atoms with Crippen LogP contribution in [-0.2, 0) is 9.53 Å². The lowest BCUT2D eigenvalue weighted by molar-refractivity contribution is -0.117. The van der Waals surface area contributed by atoms with Crippen LogP contribution in [0, 0.1) is 5.92 Å². The molecule has 0 aromatic heterocycles. The zero-order valence-electron chi connectivity index (χ0n) is 11.7. The molecule has 1 rings (SSSR count). The number of Topliss-reactive ketones (excluding diaryl/α,β-unsaturated/α-hetero) is 1. The second-order valence-electron chi connectivity index (χ2n) is 6.09. The lowest BCUT2D eigenvalue weighted by Crippen LogP contribution is -2.46. The van der Waals surface area contributed by atoms with E-state index in [1.807, 2.05) is 20.8 Å². The molecule has 18 heavy (non-hydrogen) atoms. The molecule has 4 nitrogen and oxygen atoms in total. The highest BCUT2D eigenvalue weighted by Gasteiger charge is 2.32. The van der Waals surface area contributed by atoms with E-state index in [9.17, 15) is 9.59 Å². The number of ether oxygens (including phenoxy) is 1. The first-order valence-electron chi connectivity index (χ1n) is 6.35. The predicted octanol–water partition coefficient (Wildman–Crippen LogP) is 2.83. The molecule has 0 aromatic carbocycles. The van der Waals surface area contributed by atoms with E-state index in [1.54, 1.807) is 6.92 Å². The van der Waals surface area contributed by atoms with E-state index in [0.29, 0.717) is 17.9 Å². The number of amides is 1. The molecule has 1 N–H and O–H groups in total. The molecule has 0 radical (unpaired) electrons. The first-order chi connectivity index (χ1) is 8.17. The molecule has 0 heterocycles. The minimum absolute atomic E-state index is 0.121. The summed E-state index contributed by atoms with van der Waals surface area (Å²) in [5, 5.41) is 2.81. The number of carbonyl (C=O) groups excluding carboxylic acids is 2. The fraction of sp³-hybridized carbons (Fsp3) is 0.714. The van der Waals surface area contributed by atoms with Gasteiger partial charge >= 0.3 is 6.09 Å². The minimum atomic E-state index is -0.469. The molecule has 1 saturated carbocycles. The van der Waals surface area contributed by atoms with Crippen LogP contribution in [-0.4, -0.2) is 23.5 Å². The molecule has 4 heteroatoms. The van der Waals surface area contributed by atoms with Gasteiger partial charge in [-0.3, -0.25) is 4.79 Å². The Hall–Kier alpha value is -1.32.